The number of pyridine rings is 1. The minimum Gasteiger partial charge on any atom is -0.396 e. The molecule has 0 N–H and O–H groups in total. The van der Waals surface area contributed by atoms with Gasteiger partial charge in [0.2, 0.25) is 5.95 Å². The number of nitrogens with zero attached hydrogens (tertiary/aromatic N) is 7. The van der Waals surface area contributed by atoms with Crippen LogP contribution in [0.4, 0.5) is 0 Å². The first-order valence-electron chi connectivity index (χ1n) is 9.12. The van der Waals surface area contributed by atoms with Crippen molar-refractivity contribution in [3.63, 3.8) is 0 Å². The molecule has 3 aromatic rings. The van der Waals surface area contributed by atoms with Crippen LogP contribution in [0.1, 0.15) is 52.0 Å². The second-order valence-corrected chi connectivity index (χ2v) is 6.12. The summed E-state index contributed by atoms with van der Waals surface area (Å²) in [6, 6.07) is 0. The van der Waals surface area contributed by atoms with Crippen LogP contribution in [0, 0.1) is 0 Å². The van der Waals surface area contributed by atoms with Crippen molar-refractivity contribution in [2.45, 2.75) is 53.0 Å². The quantitative estimate of drug-likeness (QED) is 0.334. The van der Waals surface area contributed by atoms with E-state index in [0.717, 1.165) is 35.3 Å². The molecule has 8 heteroatoms. The summed E-state index contributed by atoms with van der Waals surface area (Å²) >= 11 is 0. The lowest BCUT2D eigenvalue weighted by Gasteiger charge is -2.08. The largest absolute Gasteiger partial charge is 0.396 e. The molecular weight excluding hydrogens is 330 g/mol. The minimum atomic E-state index is 0.637. The number of fused-ring (bicyclic) bond motifs is 1. The van der Waals surface area contributed by atoms with Crippen molar-refractivity contribution < 1.29 is 4.84 Å². The third kappa shape index (κ3) is 3.74. The van der Waals surface area contributed by atoms with Crippen molar-refractivity contribution in [3.05, 3.63) is 30.6 Å². The first-order valence-corrected chi connectivity index (χ1v) is 9.12. The fraction of sp³-hybridized carbons (Fsp3) is 0.500. The zero-order valence-electron chi connectivity index (χ0n) is 15.6. The standard InChI is InChI=1S/C18H25N7O/c1-4-6-7-8-9-26-23-14(3)15-10-19-11-16-17(15)24(5-2)18(22-16)25-13-20-12-21-25/h10-13H,4-9H2,1-3H3. The van der Waals surface area contributed by atoms with Crippen molar-refractivity contribution in [1.82, 2.24) is 29.3 Å². The zero-order valence-corrected chi connectivity index (χ0v) is 15.6. The Labute approximate surface area is 152 Å². The lowest BCUT2D eigenvalue weighted by molar-refractivity contribution is 0.139. The van der Waals surface area contributed by atoms with Gasteiger partial charge in [-0.2, -0.15) is 9.78 Å². The summed E-state index contributed by atoms with van der Waals surface area (Å²) in [6.45, 7) is 7.58. The molecule has 26 heavy (non-hydrogen) atoms. The summed E-state index contributed by atoms with van der Waals surface area (Å²) in [5.74, 6) is 0.711. The number of unbranched alkanes of at least 4 members (excludes halogenated alkanes) is 3. The molecule has 8 nitrogen and oxygen atoms in total. The van der Waals surface area contributed by atoms with Gasteiger partial charge in [-0.15, -0.1) is 0 Å². The summed E-state index contributed by atoms with van der Waals surface area (Å²) in [5.41, 5.74) is 3.48. The molecule has 3 aromatic heterocycles. The smallest absolute Gasteiger partial charge is 0.233 e. The van der Waals surface area contributed by atoms with E-state index in [9.17, 15) is 0 Å². The van der Waals surface area contributed by atoms with Gasteiger partial charge >= 0.3 is 0 Å². The molecule has 0 radical (unpaired) electrons. The molecule has 0 saturated carbocycles. The SMILES string of the molecule is CCCCCCON=C(C)c1cncc2nc(-n3cncn3)n(CC)c12. The Morgan fingerprint density at radius 3 is 2.77 bits per heavy atom. The van der Waals surface area contributed by atoms with Gasteiger partial charge in [0.25, 0.3) is 0 Å². The summed E-state index contributed by atoms with van der Waals surface area (Å²) in [6.07, 6.45) is 11.3. The Hall–Kier alpha value is -2.77. The Bertz CT molecular complexity index is 867. The highest BCUT2D eigenvalue weighted by Crippen LogP contribution is 2.22. The van der Waals surface area contributed by atoms with E-state index in [4.69, 9.17) is 4.84 Å². The van der Waals surface area contributed by atoms with Gasteiger partial charge in [0, 0.05) is 18.3 Å². The molecule has 0 aliphatic heterocycles. The molecule has 0 fully saturated rings. The Morgan fingerprint density at radius 1 is 1.15 bits per heavy atom. The van der Waals surface area contributed by atoms with Crippen molar-refractivity contribution in [2.75, 3.05) is 6.61 Å². The molecule has 0 unspecified atom stereocenters. The number of rotatable bonds is 9. The second-order valence-electron chi connectivity index (χ2n) is 6.12. The maximum atomic E-state index is 5.50. The number of oxime groups is 1. The zero-order chi connectivity index (χ0) is 18.4. The predicted octanol–water partition coefficient (Wildman–Crippen LogP) is 3.35. The molecule has 0 amide bonds. The average Bonchev–Trinajstić information content (AvgIpc) is 3.30. The van der Waals surface area contributed by atoms with Gasteiger partial charge < -0.3 is 9.40 Å². The van der Waals surface area contributed by atoms with Crippen LogP contribution in [-0.4, -0.2) is 41.6 Å². The molecular formula is C18H25N7O. The Balaban J connectivity index is 1.89. The van der Waals surface area contributed by atoms with Gasteiger partial charge in [-0.3, -0.25) is 4.98 Å². The molecule has 0 saturated heterocycles. The van der Waals surface area contributed by atoms with Crippen LogP contribution in [0.5, 0.6) is 0 Å². The molecule has 0 atom stereocenters. The van der Waals surface area contributed by atoms with Gasteiger partial charge in [0.15, 0.2) is 0 Å². The van der Waals surface area contributed by atoms with E-state index in [1.807, 2.05) is 6.92 Å². The van der Waals surface area contributed by atoms with Crippen LogP contribution in [0.15, 0.2) is 30.2 Å². The molecule has 0 aliphatic rings. The summed E-state index contributed by atoms with van der Waals surface area (Å²) < 4.78 is 3.74. The van der Waals surface area contributed by atoms with Crippen molar-refractivity contribution in [3.8, 4) is 5.95 Å². The van der Waals surface area contributed by atoms with Crippen molar-refractivity contribution >= 4 is 16.7 Å². The highest BCUT2D eigenvalue weighted by Gasteiger charge is 2.17. The number of hydrogen-bond acceptors (Lipinski definition) is 6. The van der Waals surface area contributed by atoms with Crippen molar-refractivity contribution in [1.29, 1.82) is 0 Å². The van der Waals surface area contributed by atoms with Crippen LogP contribution in [0.3, 0.4) is 0 Å². The minimum absolute atomic E-state index is 0.637. The van der Waals surface area contributed by atoms with Gasteiger partial charge in [0.1, 0.15) is 24.8 Å². The Kier molecular flexibility index (Phi) is 5.93. The normalized spacial score (nSPS) is 12.0. The predicted molar refractivity (Wildman–Crippen MR) is 100 cm³/mol. The third-order valence-electron chi connectivity index (χ3n) is 4.25. The third-order valence-corrected chi connectivity index (χ3v) is 4.25. The number of imidazole rings is 1. The van der Waals surface area contributed by atoms with Crippen LogP contribution < -0.4 is 0 Å². The summed E-state index contributed by atoms with van der Waals surface area (Å²) in [4.78, 5) is 18.5. The topological polar surface area (TPSA) is 83.0 Å². The van der Waals surface area contributed by atoms with E-state index < -0.39 is 0 Å². The van der Waals surface area contributed by atoms with Crippen LogP contribution in [-0.2, 0) is 11.4 Å². The van der Waals surface area contributed by atoms with E-state index in [0.29, 0.717) is 12.6 Å². The van der Waals surface area contributed by atoms with Crippen LogP contribution >= 0.6 is 0 Å². The van der Waals surface area contributed by atoms with Gasteiger partial charge in [-0.1, -0.05) is 24.9 Å². The molecule has 138 valence electrons. The lowest BCUT2D eigenvalue weighted by Crippen LogP contribution is -2.08. The van der Waals surface area contributed by atoms with E-state index in [1.54, 1.807) is 23.4 Å². The van der Waals surface area contributed by atoms with Gasteiger partial charge in [-0.05, 0) is 26.7 Å². The first-order chi connectivity index (χ1) is 12.8. The maximum absolute atomic E-state index is 5.50. The number of aromatic nitrogens is 6. The van der Waals surface area contributed by atoms with Crippen molar-refractivity contribution in [2.24, 2.45) is 5.16 Å². The first kappa shape index (κ1) is 18.0. The van der Waals surface area contributed by atoms with E-state index in [-0.39, 0.29) is 0 Å². The lowest BCUT2D eigenvalue weighted by atomic mass is 10.1. The molecule has 0 aromatic carbocycles. The monoisotopic (exact) mass is 355 g/mol. The highest BCUT2D eigenvalue weighted by atomic mass is 16.6. The molecule has 0 aliphatic carbocycles. The average molecular weight is 355 g/mol. The number of aryl methyl sites for hydroxylation is 1. The fourth-order valence-electron chi connectivity index (χ4n) is 2.91. The van der Waals surface area contributed by atoms with Gasteiger partial charge in [0.05, 0.1) is 17.4 Å². The molecule has 3 heterocycles. The molecule has 0 spiro atoms. The number of hydrogen-bond donors (Lipinski definition) is 0. The summed E-state index contributed by atoms with van der Waals surface area (Å²) in [7, 11) is 0. The fourth-order valence-corrected chi connectivity index (χ4v) is 2.91. The highest BCUT2D eigenvalue weighted by molar-refractivity contribution is 6.07. The molecule has 0 bridgehead atoms. The maximum Gasteiger partial charge on any atom is 0.233 e. The van der Waals surface area contributed by atoms with E-state index in [2.05, 4.69) is 43.6 Å². The Morgan fingerprint density at radius 2 is 2.04 bits per heavy atom. The van der Waals surface area contributed by atoms with E-state index >= 15 is 0 Å². The summed E-state index contributed by atoms with van der Waals surface area (Å²) in [5, 5.41) is 8.49. The van der Waals surface area contributed by atoms with E-state index in [1.165, 1.54) is 25.6 Å². The molecule has 3 rings (SSSR count). The van der Waals surface area contributed by atoms with Crippen LogP contribution in [0.2, 0.25) is 0 Å². The van der Waals surface area contributed by atoms with Crippen LogP contribution in [0.25, 0.3) is 17.0 Å². The second kappa shape index (κ2) is 8.55. The van der Waals surface area contributed by atoms with Gasteiger partial charge in [-0.25, -0.2) is 9.97 Å².